The fourth-order valence-corrected chi connectivity index (χ4v) is 4.90. The molecule has 1 unspecified atom stereocenters. The molecular weight excluding hydrogens is 520 g/mol. The minimum atomic E-state index is -1.99. The number of benzene rings is 2. The molecule has 0 aromatic heterocycles. The fourth-order valence-electron chi connectivity index (χ4n) is 4.90. The van der Waals surface area contributed by atoms with E-state index in [1.807, 2.05) is 0 Å². The van der Waals surface area contributed by atoms with Crippen molar-refractivity contribution in [3.8, 4) is 23.0 Å². The van der Waals surface area contributed by atoms with Crippen LogP contribution in [0.3, 0.4) is 0 Å². The highest BCUT2D eigenvalue weighted by molar-refractivity contribution is 6.31. The van der Waals surface area contributed by atoms with E-state index in [1.165, 1.54) is 6.92 Å². The minimum absolute atomic E-state index is 0.290. The van der Waals surface area contributed by atoms with E-state index in [2.05, 4.69) is 0 Å². The van der Waals surface area contributed by atoms with Crippen LogP contribution in [0.25, 0.3) is 0 Å². The molecule has 0 amide bonds. The van der Waals surface area contributed by atoms with Crippen LogP contribution < -0.4 is 0 Å². The highest BCUT2D eigenvalue weighted by Crippen LogP contribution is 2.52. The highest BCUT2D eigenvalue weighted by atomic mass is 16.6. The average Bonchev–Trinajstić information content (AvgIpc) is 2.82. The van der Waals surface area contributed by atoms with Gasteiger partial charge in [0.25, 0.3) is 0 Å². The maximum atomic E-state index is 13.6. The molecule has 1 saturated heterocycles. The molecule has 8 N–H and O–H groups in total. The van der Waals surface area contributed by atoms with E-state index < -0.39 is 110 Å². The van der Waals surface area contributed by atoms with Gasteiger partial charge in [-0.1, -0.05) is 0 Å². The molecule has 1 aliphatic carbocycles. The number of carbonyl (C=O) groups excluding carboxylic acids is 2. The summed E-state index contributed by atoms with van der Waals surface area (Å²) in [6.45, 7) is 6.00. The van der Waals surface area contributed by atoms with Crippen LogP contribution in [-0.4, -0.2) is 95.0 Å². The molecule has 0 bridgehead atoms. The first kappa shape index (κ1) is 28.3. The molecule has 4 rings (SSSR count). The number of carbonyl (C=O) groups is 3. The number of hydrogen-bond donors (Lipinski definition) is 8. The van der Waals surface area contributed by atoms with E-state index in [4.69, 9.17) is 9.47 Å². The molecule has 0 saturated carbocycles. The molecular formula is C26H28O13. The minimum Gasteiger partial charge on any atom is -0.507 e. The summed E-state index contributed by atoms with van der Waals surface area (Å²) < 4.78 is 11.3. The summed E-state index contributed by atoms with van der Waals surface area (Å²) in [6.07, 6.45) is -8.65. The lowest BCUT2D eigenvalue weighted by atomic mass is 9.77. The summed E-state index contributed by atoms with van der Waals surface area (Å²) in [5, 5.41) is 83.9. The molecule has 5 atom stereocenters. The van der Waals surface area contributed by atoms with Crippen molar-refractivity contribution in [3.05, 3.63) is 45.0 Å². The Bertz CT molecular complexity index is 1400. The van der Waals surface area contributed by atoms with E-state index in [-0.39, 0.29) is 12.2 Å². The van der Waals surface area contributed by atoms with Crippen molar-refractivity contribution in [2.24, 2.45) is 0 Å². The number of aromatic carboxylic acids is 1. The van der Waals surface area contributed by atoms with E-state index in [1.54, 1.807) is 20.8 Å². The Morgan fingerprint density at radius 3 is 2.05 bits per heavy atom. The molecule has 13 heteroatoms. The largest absolute Gasteiger partial charge is 0.507 e. The van der Waals surface area contributed by atoms with Gasteiger partial charge in [0.2, 0.25) is 0 Å². The van der Waals surface area contributed by atoms with Crippen LogP contribution in [0.5, 0.6) is 23.0 Å². The highest BCUT2D eigenvalue weighted by Gasteiger charge is 2.49. The van der Waals surface area contributed by atoms with Gasteiger partial charge in [-0.2, -0.15) is 0 Å². The van der Waals surface area contributed by atoms with E-state index in [9.17, 15) is 55.2 Å². The topological polar surface area (TPSA) is 232 Å². The zero-order chi connectivity index (χ0) is 29.3. The Hall–Kier alpha value is -3.75. The van der Waals surface area contributed by atoms with Gasteiger partial charge in [-0.05, 0) is 39.3 Å². The Labute approximate surface area is 221 Å². The number of carboxylic acid groups (broad SMARTS) is 1. The number of rotatable bonds is 4. The number of phenolic OH excluding ortho intramolecular Hbond substituents is 3. The zero-order valence-corrected chi connectivity index (χ0v) is 21.3. The van der Waals surface area contributed by atoms with E-state index in [0.717, 1.165) is 6.07 Å². The fraction of sp³-hybridized carbons (Fsp3) is 0.423. The normalized spacial score (nSPS) is 24.8. The van der Waals surface area contributed by atoms with Gasteiger partial charge in [-0.3, -0.25) is 9.59 Å². The summed E-state index contributed by atoms with van der Waals surface area (Å²) in [6, 6.07) is 0.738. The van der Waals surface area contributed by atoms with Crippen molar-refractivity contribution in [3.63, 3.8) is 0 Å². The van der Waals surface area contributed by atoms with Crippen LogP contribution in [0.15, 0.2) is 6.07 Å². The molecule has 2 aromatic rings. The summed E-state index contributed by atoms with van der Waals surface area (Å²) in [7, 11) is 0. The van der Waals surface area contributed by atoms with E-state index >= 15 is 0 Å². The molecule has 210 valence electrons. The summed E-state index contributed by atoms with van der Waals surface area (Å²) in [4.78, 5) is 38.5. The number of aliphatic hydroxyl groups excluding tert-OH is 3. The summed E-state index contributed by atoms with van der Waals surface area (Å²) in [5.74, 6) is -8.04. The second-order valence-electron chi connectivity index (χ2n) is 10.5. The van der Waals surface area contributed by atoms with Crippen LogP contribution in [-0.2, 0) is 9.47 Å². The standard InChI is InChI=1S/C26H28O13/c1-7-11-8(5-9(27)12(7)25(36)37)16(28)13-14(18(11)30)19(31)15(21(33)20(13)32)24-23(35)22(34)17(29)10(39-24)6-38-26(2,3)4/h5,10,17,22-24,27,29,31-35H,6H2,1-4H3,(H,36,37)/t10-,17-,22+,23-,24?/m1/s1. The van der Waals surface area contributed by atoms with Crippen LogP contribution in [0.1, 0.15) is 80.2 Å². The number of phenols is 4. The molecule has 0 spiro atoms. The molecule has 1 aliphatic heterocycles. The molecule has 39 heavy (non-hydrogen) atoms. The number of hydrogen-bond acceptors (Lipinski definition) is 12. The van der Waals surface area contributed by atoms with E-state index in [0.29, 0.717) is 0 Å². The lowest BCUT2D eigenvalue weighted by Crippen LogP contribution is -2.56. The molecule has 1 heterocycles. The first-order chi connectivity index (χ1) is 18.0. The summed E-state index contributed by atoms with van der Waals surface area (Å²) in [5.41, 5.74) is -4.99. The first-order valence-electron chi connectivity index (χ1n) is 11.8. The van der Waals surface area contributed by atoms with Crippen LogP contribution in [0.4, 0.5) is 0 Å². The number of ether oxygens (including phenoxy) is 2. The zero-order valence-electron chi connectivity index (χ0n) is 21.3. The molecule has 0 radical (unpaired) electrons. The Morgan fingerprint density at radius 2 is 1.49 bits per heavy atom. The lowest BCUT2D eigenvalue weighted by Gasteiger charge is -2.42. The Balaban J connectivity index is 1.90. The van der Waals surface area contributed by atoms with Crippen molar-refractivity contribution < 1.29 is 64.7 Å². The van der Waals surface area contributed by atoms with Gasteiger partial charge in [0.1, 0.15) is 47.6 Å². The molecule has 13 nitrogen and oxygen atoms in total. The third-order valence-corrected chi connectivity index (χ3v) is 6.83. The van der Waals surface area contributed by atoms with Gasteiger partial charge in [0, 0.05) is 11.1 Å². The van der Waals surface area contributed by atoms with Crippen LogP contribution in [0.2, 0.25) is 0 Å². The molecule has 2 aliphatic rings. The quantitative estimate of drug-likeness (QED) is 0.165. The van der Waals surface area contributed by atoms with Crippen molar-refractivity contribution in [2.45, 2.75) is 63.8 Å². The number of fused-ring (bicyclic) bond motifs is 2. The van der Waals surface area contributed by atoms with Gasteiger partial charge in [0.05, 0.1) is 28.9 Å². The van der Waals surface area contributed by atoms with Gasteiger partial charge >= 0.3 is 5.97 Å². The number of carboxylic acids is 1. The van der Waals surface area contributed by atoms with Crippen molar-refractivity contribution in [1.29, 1.82) is 0 Å². The number of aromatic hydroxyl groups is 4. The third-order valence-electron chi connectivity index (χ3n) is 6.83. The second-order valence-corrected chi connectivity index (χ2v) is 10.5. The van der Waals surface area contributed by atoms with Crippen molar-refractivity contribution in [2.75, 3.05) is 6.61 Å². The molecule has 1 fully saturated rings. The van der Waals surface area contributed by atoms with Crippen molar-refractivity contribution >= 4 is 17.5 Å². The van der Waals surface area contributed by atoms with Gasteiger partial charge in [-0.15, -0.1) is 0 Å². The predicted molar refractivity (Wildman–Crippen MR) is 129 cm³/mol. The number of aliphatic hydroxyl groups is 3. The predicted octanol–water partition coefficient (Wildman–Crippen LogP) is 0.629. The SMILES string of the molecule is Cc1c(C(=O)O)c(O)cc2c1C(=O)c1c(O)c(C3O[C@H](COC(C)(C)C)[C@@H](O)[C@H](O)[C@H]3O)c(O)c(O)c1C2=O. The van der Waals surface area contributed by atoms with Crippen LogP contribution >= 0.6 is 0 Å². The Kier molecular flexibility index (Phi) is 6.86. The smallest absolute Gasteiger partial charge is 0.339 e. The lowest BCUT2D eigenvalue weighted by molar-refractivity contribution is -0.241. The number of ketones is 2. The third kappa shape index (κ3) is 4.37. The second kappa shape index (κ2) is 9.47. The van der Waals surface area contributed by atoms with Gasteiger partial charge in [-0.25, -0.2) is 4.79 Å². The maximum absolute atomic E-state index is 13.6. The molecule has 2 aromatic carbocycles. The van der Waals surface area contributed by atoms with Gasteiger partial charge in [0.15, 0.2) is 23.1 Å². The monoisotopic (exact) mass is 548 g/mol. The van der Waals surface area contributed by atoms with Crippen molar-refractivity contribution in [1.82, 2.24) is 0 Å². The summed E-state index contributed by atoms with van der Waals surface area (Å²) >= 11 is 0. The average molecular weight is 548 g/mol. The first-order valence-corrected chi connectivity index (χ1v) is 11.8. The van der Waals surface area contributed by atoms with Crippen LogP contribution in [0, 0.1) is 6.92 Å². The van der Waals surface area contributed by atoms with Gasteiger partial charge < -0.3 is 50.3 Å². The maximum Gasteiger partial charge on any atom is 0.339 e. The Morgan fingerprint density at radius 1 is 0.897 bits per heavy atom.